The van der Waals surface area contributed by atoms with Crippen molar-refractivity contribution in [2.45, 2.75) is 18.7 Å². The van der Waals surface area contributed by atoms with Crippen LogP contribution in [0.5, 0.6) is 0 Å². The molecule has 6 nitrogen and oxygen atoms in total. The van der Waals surface area contributed by atoms with Crippen LogP contribution in [0.2, 0.25) is 0 Å². The molecule has 2 aliphatic rings. The number of hydrogen-bond donors (Lipinski definition) is 1. The van der Waals surface area contributed by atoms with Crippen LogP contribution in [0.1, 0.15) is 5.01 Å². The van der Waals surface area contributed by atoms with E-state index in [2.05, 4.69) is 27.3 Å². The Morgan fingerprint density at radius 3 is 2.50 bits per heavy atom. The van der Waals surface area contributed by atoms with Gasteiger partial charge in [0.05, 0.1) is 35.9 Å². The maximum absolute atomic E-state index is 11.7. The van der Waals surface area contributed by atoms with Gasteiger partial charge in [0.2, 0.25) is 0 Å². The van der Waals surface area contributed by atoms with Crippen LogP contribution in [-0.2, 0) is 16.4 Å². The van der Waals surface area contributed by atoms with Gasteiger partial charge in [0, 0.05) is 37.1 Å². The van der Waals surface area contributed by atoms with E-state index < -0.39 is 15.9 Å². The largest absolute Gasteiger partial charge is 0.390 e. The van der Waals surface area contributed by atoms with Gasteiger partial charge in [-0.25, -0.2) is 13.4 Å². The zero-order valence-electron chi connectivity index (χ0n) is 14.5. The molecule has 2 unspecified atom stereocenters. The lowest BCUT2D eigenvalue weighted by Crippen LogP contribution is -2.53. The highest BCUT2D eigenvalue weighted by molar-refractivity contribution is 7.91. The molecular weight excluding hydrogens is 370 g/mol. The Kier molecular flexibility index (Phi) is 5.11. The Balaban J connectivity index is 1.33. The lowest BCUT2D eigenvalue weighted by molar-refractivity contribution is 0.0424. The summed E-state index contributed by atoms with van der Waals surface area (Å²) in [6.07, 6.45) is -0.751. The molecule has 1 aromatic heterocycles. The molecule has 0 spiro atoms. The second kappa shape index (κ2) is 7.36. The van der Waals surface area contributed by atoms with Crippen LogP contribution in [0.15, 0.2) is 35.7 Å². The van der Waals surface area contributed by atoms with Crippen molar-refractivity contribution in [2.24, 2.45) is 0 Å². The SMILES string of the molecule is O=S1(=O)CC(O)C(N2CCN(Cc3nc(-c4ccccc4)cs3)CC2)C1. The number of rotatable bonds is 4. The van der Waals surface area contributed by atoms with Gasteiger partial charge in [-0.3, -0.25) is 9.80 Å². The van der Waals surface area contributed by atoms with E-state index in [1.165, 1.54) is 0 Å². The number of nitrogens with zero attached hydrogens (tertiary/aromatic N) is 3. The van der Waals surface area contributed by atoms with Crippen molar-refractivity contribution in [3.63, 3.8) is 0 Å². The number of piperazine rings is 1. The van der Waals surface area contributed by atoms with Crippen LogP contribution >= 0.6 is 11.3 Å². The normalized spacial score (nSPS) is 27.0. The lowest BCUT2D eigenvalue weighted by atomic mass is 10.1. The van der Waals surface area contributed by atoms with Gasteiger partial charge in [-0.2, -0.15) is 0 Å². The summed E-state index contributed by atoms with van der Waals surface area (Å²) < 4.78 is 23.4. The van der Waals surface area contributed by atoms with E-state index in [0.29, 0.717) is 0 Å². The van der Waals surface area contributed by atoms with Gasteiger partial charge < -0.3 is 5.11 Å². The smallest absolute Gasteiger partial charge is 0.154 e. The van der Waals surface area contributed by atoms with E-state index in [1.807, 2.05) is 18.2 Å². The molecule has 1 N–H and O–H groups in total. The summed E-state index contributed by atoms with van der Waals surface area (Å²) >= 11 is 1.68. The van der Waals surface area contributed by atoms with Gasteiger partial charge >= 0.3 is 0 Å². The minimum Gasteiger partial charge on any atom is -0.390 e. The highest BCUT2D eigenvalue weighted by Gasteiger charge is 2.40. The maximum Gasteiger partial charge on any atom is 0.154 e. The number of sulfone groups is 1. The zero-order chi connectivity index (χ0) is 18.1. The lowest BCUT2D eigenvalue weighted by Gasteiger charge is -2.38. The minimum absolute atomic E-state index is 0.0844. The second-order valence-corrected chi connectivity index (χ2v) is 10.1. The fraction of sp³-hybridized carbons (Fsp3) is 0.500. The summed E-state index contributed by atoms with van der Waals surface area (Å²) in [5.41, 5.74) is 2.15. The molecule has 140 valence electrons. The van der Waals surface area contributed by atoms with Crippen molar-refractivity contribution in [3.05, 3.63) is 40.7 Å². The molecule has 1 aromatic carbocycles. The van der Waals surface area contributed by atoms with E-state index in [0.717, 1.165) is 49.0 Å². The topological polar surface area (TPSA) is 73.7 Å². The molecule has 0 amide bonds. The van der Waals surface area contributed by atoms with Crippen LogP contribution in [0.4, 0.5) is 0 Å². The van der Waals surface area contributed by atoms with E-state index in [1.54, 1.807) is 11.3 Å². The average Bonchev–Trinajstić information content (AvgIpc) is 3.20. The van der Waals surface area contributed by atoms with Crippen molar-refractivity contribution < 1.29 is 13.5 Å². The first-order chi connectivity index (χ1) is 12.5. The Bertz CT molecular complexity index is 846. The highest BCUT2D eigenvalue weighted by Crippen LogP contribution is 2.24. The molecule has 3 heterocycles. The summed E-state index contributed by atoms with van der Waals surface area (Å²) in [7, 11) is -3.09. The van der Waals surface area contributed by atoms with Gasteiger partial charge in [-0.1, -0.05) is 30.3 Å². The standard InChI is InChI=1S/C18H23N3O3S2/c22-17-13-26(23,24)12-16(17)21-8-6-20(7-9-21)10-18-19-15(11-25-18)14-4-2-1-3-5-14/h1-5,11,16-17,22H,6-10,12-13H2. The van der Waals surface area contributed by atoms with Crippen molar-refractivity contribution >= 4 is 21.2 Å². The first-order valence-corrected chi connectivity index (χ1v) is 11.5. The third-order valence-corrected chi connectivity index (χ3v) is 7.68. The van der Waals surface area contributed by atoms with Crippen molar-refractivity contribution in [1.29, 1.82) is 0 Å². The number of aromatic nitrogens is 1. The molecule has 4 rings (SSSR count). The molecule has 2 atom stereocenters. The fourth-order valence-corrected chi connectivity index (χ4v) is 6.41. The van der Waals surface area contributed by atoms with Crippen LogP contribution in [0, 0.1) is 0 Å². The number of hydrogen-bond acceptors (Lipinski definition) is 7. The molecule has 2 aromatic rings. The molecule has 0 radical (unpaired) electrons. The Morgan fingerprint density at radius 2 is 1.85 bits per heavy atom. The molecule has 0 bridgehead atoms. The van der Waals surface area contributed by atoms with Gasteiger partial charge in [-0.15, -0.1) is 11.3 Å². The van der Waals surface area contributed by atoms with Crippen molar-refractivity contribution in [2.75, 3.05) is 37.7 Å². The van der Waals surface area contributed by atoms with E-state index in [9.17, 15) is 13.5 Å². The van der Waals surface area contributed by atoms with Crippen LogP contribution in [0.25, 0.3) is 11.3 Å². The maximum atomic E-state index is 11.7. The summed E-state index contributed by atoms with van der Waals surface area (Å²) in [5.74, 6) is -0.0135. The first kappa shape index (κ1) is 18.1. The highest BCUT2D eigenvalue weighted by atomic mass is 32.2. The Hall–Kier alpha value is -1.32. The predicted octanol–water partition coefficient (Wildman–Crippen LogP) is 1.09. The van der Waals surface area contributed by atoms with E-state index >= 15 is 0 Å². The molecule has 2 aliphatic heterocycles. The molecule has 0 aliphatic carbocycles. The van der Waals surface area contributed by atoms with Gasteiger partial charge in [-0.05, 0) is 0 Å². The molecule has 0 saturated carbocycles. The van der Waals surface area contributed by atoms with E-state index in [-0.39, 0.29) is 17.5 Å². The summed E-state index contributed by atoms with van der Waals surface area (Å²) in [6, 6.07) is 9.93. The number of thiazole rings is 1. The summed E-state index contributed by atoms with van der Waals surface area (Å²) in [6.45, 7) is 4.12. The minimum atomic E-state index is -3.09. The molecular formula is C18H23N3O3S2. The van der Waals surface area contributed by atoms with Crippen LogP contribution in [0.3, 0.4) is 0 Å². The third kappa shape index (κ3) is 3.99. The van der Waals surface area contributed by atoms with Crippen molar-refractivity contribution in [1.82, 2.24) is 14.8 Å². The van der Waals surface area contributed by atoms with Crippen LogP contribution in [-0.4, -0.2) is 78.1 Å². The molecule has 2 saturated heterocycles. The van der Waals surface area contributed by atoms with E-state index in [4.69, 9.17) is 4.98 Å². The van der Waals surface area contributed by atoms with Gasteiger partial charge in [0.15, 0.2) is 9.84 Å². The first-order valence-electron chi connectivity index (χ1n) is 8.85. The molecule has 8 heteroatoms. The Morgan fingerprint density at radius 1 is 1.12 bits per heavy atom. The van der Waals surface area contributed by atoms with Gasteiger partial charge in [0.25, 0.3) is 0 Å². The molecule has 26 heavy (non-hydrogen) atoms. The average molecular weight is 394 g/mol. The fourth-order valence-electron chi connectivity index (χ4n) is 3.73. The number of aliphatic hydroxyl groups is 1. The third-order valence-electron chi connectivity index (χ3n) is 5.15. The second-order valence-electron chi connectivity index (χ2n) is 7.02. The van der Waals surface area contributed by atoms with Crippen molar-refractivity contribution in [3.8, 4) is 11.3 Å². The number of benzene rings is 1. The summed E-state index contributed by atoms with van der Waals surface area (Å²) in [4.78, 5) is 9.22. The summed E-state index contributed by atoms with van der Waals surface area (Å²) in [5, 5.41) is 13.2. The monoisotopic (exact) mass is 393 g/mol. The Labute approximate surface area is 158 Å². The quantitative estimate of drug-likeness (QED) is 0.838. The predicted molar refractivity (Wildman–Crippen MR) is 103 cm³/mol. The van der Waals surface area contributed by atoms with Crippen LogP contribution < -0.4 is 0 Å². The molecule has 2 fully saturated rings. The van der Waals surface area contributed by atoms with Gasteiger partial charge in [0.1, 0.15) is 5.01 Å². The zero-order valence-corrected chi connectivity index (χ0v) is 16.1. The number of aliphatic hydroxyl groups excluding tert-OH is 1.